The molecule has 0 aliphatic rings. The molecule has 0 aliphatic heterocycles. The monoisotopic (exact) mass is 745 g/mol. The van der Waals surface area contributed by atoms with E-state index in [2.05, 4.69) is 58.0 Å². The van der Waals surface area contributed by atoms with Crippen LogP contribution in [-0.2, 0) is 21.1 Å². The van der Waals surface area contributed by atoms with Crippen LogP contribution in [0.3, 0.4) is 0 Å². The fraction of sp³-hybridized carbons (Fsp3) is 0.0857. The third kappa shape index (κ3) is 5.17. The zero-order chi connectivity index (χ0) is 28.6. The van der Waals surface area contributed by atoms with Crippen LogP contribution in [0.25, 0.3) is 44.4 Å². The van der Waals surface area contributed by atoms with E-state index in [4.69, 9.17) is 14.2 Å². The first kappa shape index (κ1) is 28.3. The first-order valence-corrected chi connectivity index (χ1v) is 13.5. The van der Waals surface area contributed by atoms with Crippen molar-refractivity contribution in [2.45, 2.75) is 6.92 Å². The van der Waals surface area contributed by atoms with Gasteiger partial charge in [0.25, 0.3) is 0 Å². The van der Waals surface area contributed by atoms with Crippen molar-refractivity contribution in [2.24, 2.45) is 0 Å². The number of aryl methyl sites for hydroxylation is 1. The summed E-state index contributed by atoms with van der Waals surface area (Å²) in [6.45, 7) is 2.07. The summed E-state index contributed by atoms with van der Waals surface area (Å²) in [6, 6.07) is 34.6. The smallest absolute Gasteiger partial charge is 0.509 e. The number of hydrogen-bond acceptors (Lipinski definition) is 5. The minimum Gasteiger partial charge on any atom is -0.509 e. The van der Waals surface area contributed by atoms with Crippen LogP contribution in [0.4, 0.5) is 0 Å². The molecule has 0 saturated carbocycles. The van der Waals surface area contributed by atoms with Crippen molar-refractivity contribution in [2.75, 3.05) is 14.2 Å². The van der Waals surface area contributed by atoms with Crippen molar-refractivity contribution >= 4 is 21.8 Å². The van der Waals surface area contributed by atoms with Crippen LogP contribution in [0.5, 0.6) is 23.0 Å². The second kappa shape index (κ2) is 11.8. The Bertz CT molecular complexity index is 2060. The maximum absolute atomic E-state index is 6.30. The number of hydrogen-bond donors (Lipinski definition) is 0. The third-order valence-electron chi connectivity index (χ3n) is 7.21. The van der Waals surface area contributed by atoms with Gasteiger partial charge in [0.15, 0.2) is 0 Å². The molecule has 0 bridgehead atoms. The maximum Gasteiger partial charge on any atom is 2.00 e. The second-order valence-electron chi connectivity index (χ2n) is 9.84. The van der Waals surface area contributed by atoms with Gasteiger partial charge in [0, 0.05) is 35.0 Å². The van der Waals surface area contributed by atoms with Crippen LogP contribution >= 0.6 is 0 Å². The molecule has 0 fully saturated rings. The van der Waals surface area contributed by atoms with E-state index in [0.717, 1.165) is 50.0 Å². The van der Waals surface area contributed by atoms with Crippen LogP contribution < -0.4 is 14.2 Å². The topological polar surface area (TPSA) is 63.3 Å². The fourth-order valence-corrected chi connectivity index (χ4v) is 5.28. The van der Waals surface area contributed by atoms with E-state index in [-0.39, 0.29) is 21.1 Å². The summed E-state index contributed by atoms with van der Waals surface area (Å²) in [7, 11) is 3.28. The Morgan fingerprint density at radius 2 is 1.53 bits per heavy atom. The maximum atomic E-state index is 6.30. The third-order valence-corrected chi connectivity index (χ3v) is 7.21. The minimum absolute atomic E-state index is 0. The number of aromatic nitrogens is 4. The first-order chi connectivity index (χ1) is 20.6. The van der Waals surface area contributed by atoms with Gasteiger partial charge in [-0.3, -0.25) is 4.68 Å². The molecule has 0 N–H and O–H groups in total. The van der Waals surface area contributed by atoms with Gasteiger partial charge in [-0.05, 0) is 53.9 Å². The Morgan fingerprint density at radius 3 is 2.33 bits per heavy atom. The Balaban J connectivity index is 0.00000329. The second-order valence-corrected chi connectivity index (χ2v) is 9.84. The molecule has 0 unspecified atom stereocenters. The molecule has 0 atom stereocenters. The van der Waals surface area contributed by atoms with Gasteiger partial charge in [0.05, 0.1) is 26.0 Å². The number of benzene rings is 4. The Hall–Kier alpha value is -4.87. The summed E-state index contributed by atoms with van der Waals surface area (Å²) in [5, 5.41) is 6.79. The van der Waals surface area contributed by atoms with Crippen LogP contribution in [-0.4, -0.2) is 33.6 Å². The van der Waals surface area contributed by atoms with Gasteiger partial charge in [0.1, 0.15) is 17.3 Å². The number of nitrogens with zero attached hydrogens (tertiary/aromatic N) is 4. The average molecular weight is 746 g/mol. The first-order valence-electron chi connectivity index (χ1n) is 13.5. The minimum atomic E-state index is 0. The van der Waals surface area contributed by atoms with Gasteiger partial charge >= 0.3 is 21.1 Å². The van der Waals surface area contributed by atoms with E-state index in [9.17, 15) is 0 Å². The summed E-state index contributed by atoms with van der Waals surface area (Å²) < 4.78 is 21.3. The molecule has 3 aromatic heterocycles. The summed E-state index contributed by atoms with van der Waals surface area (Å²) in [5.74, 6) is 3.38. The van der Waals surface area contributed by atoms with Crippen molar-refractivity contribution in [1.82, 2.24) is 19.3 Å². The number of rotatable bonds is 7. The summed E-state index contributed by atoms with van der Waals surface area (Å²) in [6.07, 6.45) is 5.53. The van der Waals surface area contributed by atoms with E-state index in [1.54, 1.807) is 25.1 Å². The Morgan fingerprint density at radius 1 is 0.767 bits per heavy atom. The number of para-hydroxylation sites is 1. The Kier molecular flexibility index (Phi) is 7.74. The molecule has 0 amide bonds. The van der Waals surface area contributed by atoms with E-state index in [1.807, 2.05) is 73.1 Å². The van der Waals surface area contributed by atoms with Crippen LogP contribution in [0.15, 0.2) is 104 Å². The Labute approximate surface area is 263 Å². The molecule has 0 radical (unpaired) electrons. The van der Waals surface area contributed by atoms with Crippen LogP contribution in [0.1, 0.15) is 5.56 Å². The van der Waals surface area contributed by atoms with Crippen LogP contribution in [0, 0.1) is 19.1 Å². The van der Waals surface area contributed by atoms with E-state index < -0.39 is 0 Å². The number of ether oxygens (including phenoxy) is 3. The van der Waals surface area contributed by atoms with Gasteiger partial charge in [0.2, 0.25) is 0 Å². The molecular weight excluding hydrogens is 719 g/mol. The zero-order valence-electron chi connectivity index (χ0n) is 23.6. The van der Waals surface area contributed by atoms with Gasteiger partial charge in [-0.1, -0.05) is 29.8 Å². The zero-order valence-corrected chi connectivity index (χ0v) is 25.9. The van der Waals surface area contributed by atoms with Gasteiger partial charge in [-0.15, -0.1) is 35.7 Å². The summed E-state index contributed by atoms with van der Waals surface area (Å²) in [4.78, 5) is 4.66. The summed E-state index contributed by atoms with van der Waals surface area (Å²) in [5.41, 5.74) is 5.52. The standard InChI is InChI=1S/C35H26N4O3.Pt/c1-23-16-17-36-34(18-23)39-30-11-5-4-10-28(30)29-15-14-27(20-31(29)39)42-26-9-6-8-25(19-26)38-22-24(21-37-38)35-32(40-2)12-7-13-33(35)41-3;/h4-18,21-22H,1-3H3;/q-2;+2. The number of methoxy groups -OCH3 is 2. The van der Waals surface area contributed by atoms with Gasteiger partial charge in [-0.2, -0.15) is 17.2 Å². The molecule has 7 rings (SSSR count). The molecule has 0 aliphatic carbocycles. The number of fused-ring (bicyclic) bond motifs is 3. The molecule has 4 aromatic carbocycles. The molecule has 43 heavy (non-hydrogen) atoms. The van der Waals surface area contributed by atoms with Crippen molar-refractivity contribution in [3.63, 3.8) is 0 Å². The fourth-order valence-electron chi connectivity index (χ4n) is 5.28. The van der Waals surface area contributed by atoms with Crippen molar-refractivity contribution in [1.29, 1.82) is 0 Å². The normalized spacial score (nSPS) is 11.0. The van der Waals surface area contributed by atoms with Gasteiger partial charge in [-0.25, -0.2) is 4.98 Å². The number of pyridine rings is 1. The predicted molar refractivity (Wildman–Crippen MR) is 163 cm³/mol. The largest absolute Gasteiger partial charge is 2.00 e. The molecule has 8 heteroatoms. The van der Waals surface area contributed by atoms with Crippen molar-refractivity contribution in [3.05, 3.63) is 121 Å². The van der Waals surface area contributed by atoms with E-state index >= 15 is 0 Å². The quantitative estimate of drug-likeness (QED) is 0.156. The molecule has 7 nitrogen and oxygen atoms in total. The average Bonchev–Trinajstić information content (AvgIpc) is 3.64. The molecule has 0 saturated heterocycles. The SMILES string of the molecule is COc1cccc(OC)c1-c1cnn(-c2[c-]c(Oc3[c-]c4c(cc3)c3ccccc3n4-c3cc(C)ccn3)ccc2)c1.[Pt+2]. The van der Waals surface area contributed by atoms with Gasteiger partial charge < -0.3 is 18.8 Å². The van der Waals surface area contributed by atoms with Crippen LogP contribution in [0.2, 0.25) is 0 Å². The summed E-state index contributed by atoms with van der Waals surface area (Å²) >= 11 is 0. The van der Waals surface area contributed by atoms with E-state index in [0.29, 0.717) is 23.0 Å². The predicted octanol–water partition coefficient (Wildman–Crippen LogP) is 7.75. The molecule has 0 spiro atoms. The molecular formula is C35H26N4O3Pt. The van der Waals surface area contributed by atoms with Crippen molar-refractivity contribution < 1.29 is 35.3 Å². The van der Waals surface area contributed by atoms with E-state index in [1.165, 1.54) is 0 Å². The van der Waals surface area contributed by atoms with Crippen molar-refractivity contribution in [3.8, 4) is 45.6 Å². The molecule has 7 aromatic rings. The molecule has 214 valence electrons. The molecule has 3 heterocycles.